The minimum atomic E-state index is -1.01. The largest absolute Gasteiger partial charge is 0.326 e. The Kier molecular flexibility index (Phi) is 7.25. The molecule has 0 radical (unpaired) electrons. The fourth-order valence-corrected chi connectivity index (χ4v) is 3.64. The van der Waals surface area contributed by atoms with Crippen LogP contribution in [0.2, 0.25) is 0 Å². The summed E-state index contributed by atoms with van der Waals surface area (Å²) in [5, 5.41) is 15.7. The first-order chi connectivity index (χ1) is 14.0. The van der Waals surface area contributed by atoms with E-state index in [0.29, 0.717) is 27.9 Å². The summed E-state index contributed by atoms with van der Waals surface area (Å²) in [5.41, 5.74) is 0.215. The van der Waals surface area contributed by atoms with Crippen molar-refractivity contribution in [2.75, 3.05) is 16.4 Å². The summed E-state index contributed by atoms with van der Waals surface area (Å²) in [4.78, 5) is 24.4. The van der Waals surface area contributed by atoms with Crippen molar-refractivity contribution >= 4 is 46.4 Å². The summed E-state index contributed by atoms with van der Waals surface area (Å²) >= 11 is 2.76. The fraction of sp³-hybridized carbons (Fsp3) is 0.158. The van der Waals surface area contributed by atoms with Gasteiger partial charge in [0.05, 0.1) is 4.88 Å². The van der Waals surface area contributed by atoms with Crippen LogP contribution in [-0.2, 0) is 4.79 Å². The summed E-state index contributed by atoms with van der Waals surface area (Å²) in [5.74, 6) is -1.50. The number of hydrogen-bond acceptors (Lipinski definition) is 6. The van der Waals surface area contributed by atoms with Crippen LogP contribution < -0.4 is 10.6 Å². The molecule has 2 heterocycles. The number of amides is 2. The first-order valence-corrected chi connectivity index (χ1v) is 10.4. The molecular weight excluding hydrogens is 418 g/mol. The Morgan fingerprint density at radius 1 is 1.03 bits per heavy atom. The van der Waals surface area contributed by atoms with Gasteiger partial charge in [0.25, 0.3) is 5.91 Å². The average Bonchev–Trinajstić information content (AvgIpc) is 3.24. The van der Waals surface area contributed by atoms with E-state index in [9.17, 15) is 18.4 Å². The predicted molar refractivity (Wildman–Crippen MR) is 109 cm³/mol. The van der Waals surface area contributed by atoms with Gasteiger partial charge in [-0.25, -0.2) is 8.78 Å². The van der Waals surface area contributed by atoms with Gasteiger partial charge in [-0.2, -0.15) is 0 Å². The molecule has 3 aromatic rings. The van der Waals surface area contributed by atoms with E-state index in [-0.39, 0.29) is 23.9 Å². The maximum Gasteiger partial charge on any atom is 0.266 e. The molecule has 1 aromatic carbocycles. The molecule has 3 rings (SSSR count). The van der Waals surface area contributed by atoms with Crippen LogP contribution in [-0.4, -0.2) is 27.8 Å². The topological polar surface area (TPSA) is 84.0 Å². The van der Waals surface area contributed by atoms with Crippen molar-refractivity contribution in [2.24, 2.45) is 0 Å². The van der Waals surface area contributed by atoms with Crippen molar-refractivity contribution in [1.82, 2.24) is 10.2 Å². The van der Waals surface area contributed by atoms with E-state index in [2.05, 4.69) is 20.8 Å². The average molecular weight is 434 g/mol. The number of thiophene rings is 1. The second kappa shape index (κ2) is 10.1. The number of nitrogens with zero attached hydrogens (tertiary/aromatic N) is 2. The zero-order valence-electron chi connectivity index (χ0n) is 15.0. The molecule has 10 heteroatoms. The number of halogens is 2. The van der Waals surface area contributed by atoms with E-state index in [0.717, 1.165) is 12.1 Å². The van der Waals surface area contributed by atoms with Crippen LogP contribution in [0.4, 0.5) is 20.3 Å². The van der Waals surface area contributed by atoms with Gasteiger partial charge >= 0.3 is 0 Å². The molecule has 0 saturated carbocycles. The van der Waals surface area contributed by atoms with Crippen LogP contribution in [0.3, 0.4) is 0 Å². The number of hydrogen-bond donors (Lipinski definition) is 2. The summed E-state index contributed by atoms with van der Waals surface area (Å²) in [6.07, 6.45) is 0.799. The first kappa shape index (κ1) is 20.9. The van der Waals surface area contributed by atoms with Crippen molar-refractivity contribution in [3.05, 3.63) is 64.4 Å². The molecule has 29 heavy (non-hydrogen) atoms. The number of carbonyl (C=O) groups excluding carboxylic acids is 2. The molecule has 0 aliphatic rings. The Morgan fingerprint density at radius 2 is 1.90 bits per heavy atom. The zero-order valence-corrected chi connectivity index (χ0v) is 16.7. The number of thioether (sulfide) groups is 1. The summed E-state index contributed by atoms with van der Waals surface area (Å²) in [6, 6.07) is 10.1. The molecule has 0 fully saturated rings. The molecule has 0 saturated heterocycles. The van der Waals surface area contributed by atoms with Crippen molar-refractivity contribution in [1.29, 1.82) is 0 Å². The Morgan fingerprint density at radius 3 is 2.59 bits per heavy atom. The number of carbonyl (C=O) groups is 2. The second-order valence-electron chi connectivity index (χ2n) is 5.82. The number of benzene rings is 1. The molecular formula is C19H16F2N4O2S2. The maximum atomic E-state index is 13.1. The molecule has 2 aromatic heterocycles. The lowest BCUT2D eigenvalue weighted by atomic mass is 10.2. The van der Waals surface area contributed by atoms with Crippen LogP contribution in [0.25, 0.3) is 0 Å². The molecule has 2 amide bonds. The van der Waals surface area contributed by atoms with Gasteiger partial charge < -0.3 is 10.6 Å². The second-order valence-corrected chi connectivity index (χ2v) is 7.88. The maximum absolute atomic E-state index is 13.1. The molecule has 0 bridgehead atoms. The number of nitrogens with one attached hydrogen (secondary N) is 2. The number of anilines is 2. The van der Waals surface area contributed by atoms with E-state index in [4.69, 9.17) is 0 Å². The van der Waals surface area contributed by atoms with Crippen LogP contribution in [0, 0.1) is 11.6 Å². The molecule has 0 spiro atoms. The SMILES string of the molecule is O=C(CCCSc1ccc(NC(=O)c2cccs2)nn1)Nc1ccc(F)c(F)c1. The fourth-order valence-electron chi connectivity index (χ4n) is 2.26. The van der Waals surface area contributed by atoms with Gasteiger partial charge in [0.1, 0.15) is 5.03 Å². The molecule has 0 aliphatic carbocycles. The van der Waals surface area contributed by atoms with E-state index in [1.54, 1.807) is 24.3 Å². The van der Waals surface area contributed by atoms with Crippen LogP contribution in [0.1, 0.15) is 22.5 Å². The van der Waals surface area contributed by atoms with E-state index < -0.39 is 11.6 Å². The molecule has 0 aliphatic heterocycles. The molecule has 150 valence electrons. The Labute approximate surface area is 173 Å². The Hall–Kier alpha value is -2.85. The smallest absolute Gasteiger partial charge is 0.266 e. The third-order valence-electron chi connectivity index (χ3n) is 3.63. The van der Waals surface area contributed by atoms with E-state index in [1.807, 2.05) is 5.38 Å². The van der Waals surface area contributed by atoms with Crippen LogP contribution >= 0.6 is 23.1 Å². The highest BCUT2D eigenvalue weighted by Crippen LogP contribution is 2.19. The monoisotopic (exact) mass is 434 g/mol. The minimum Gasteiger partial charge on any atom is -0.326 e. The number of aromatic nitrogens is 2. The minimum absolute atomic E-state index is 0.215. The van der Waals surface area contributed by atoms with E-state index in [1.165, 1.54) is 29.2 Å². The third kappa shape index (κ3) is 6.33. The highest BCUT2D eigenvalue weighted by atomic mass is 32.2. The third-order valence-corrected chi connectivity index (χ3v) is 5.50. The van der Waals surface area contributed by atoms with Gasteiger partial charge in [0.2, 0.25) is 5.91 Å². The Bertz CT molecular complexity index is 982. The summed E-state index contributed by atoms with van der Waals surface area (Å²) < 4.78 is 26.0. The van der Waals surface area contributed by atoms with Crippen LogP contribution in [0.15, 0.2) is 52.9 Å². The van der Waals surface area contributed by atoms with Gasteiger partial charge in [-0.15, -0.1) is 33.3 Å². The molecule has 0 unspecified atom stereocenters. The number of rotatable bonds is 8. The normalized spacial score (nSPS) is 10.6. The standard InChI is InChI=1S/C19H16F2N4O2S2/c20-13-6-5-12(11-14(13)21)22-17(26)4-2-10-29-18-8-7-16(24-25-18)23-19(27)15-3-1-9-28-15/h1,3,5-9,11H,2,4,10H2,(H,22,26)(H,23,24,27). The first-order valence-electron chi connectivity index (χ1n) is 8.57. The van der Waals surface area contributed by atoms with Crippen molar-refractivity contribution in [3.63, 3.8) is 0 Å². The van der Waals surface area contributed by atoms with Gasteiger partial charge in [-0.3, -0.25) is 9.59 Å². The van der Waals surface area contributed by atoms with Gasteiger partial charge in [-0.05, 0) is 42.1 Å². The summed E-state index contributed by atoms with van der Waals surface area (Å²) in [6.45, 7) is 0. The van der Waals surface area contributed by atoms with Gasteiger partial charge in [0, 0.05) is 23.9 Å². The lowest BCUT2D eigenvalue weighted by molar-refractivity contribution is -0.116. The molecule has 6 nitrogen and oxygen atoms in total. The summed E-state index contributed by atoms with van der Waals surface area (Å²) in [7, 11) is 0. The lowest BCUT2D eigenvalue weighted by Gasteiger charge is -2.06. The molecule has 0 atom stereocenters. The molecule has 2 N–H and O–H groups in total. The highest BCUT2D eigenvalue weighted by Gasteiger charge is 2.09. The predicted octanol–water partition coefficient (Wildman–Crippen LogP) is 4.58. The van der Waals surface area contributed by atoms with Gasteiger partial charge in [-0.1, -0.05) is 6.07 Å². The Balaban J connectivity index is 1.38. The van der Waals surface area contributed by atoms with Crippen molar-refractivity contribution in [2.45, 2.75) is 17.9 Å². The highest BCUT2D eigenvalue weighted by molar-refractivity contribution is 7.99. The quantitative estimate of drug-likeness (QED) is 0.401. The lowest BCUT2D eigenvalue weighted by Crippen LogP contribution is -2.12. The van der Waals surface area contributed by atoms with E-state index >= 15 is 0 Å². The van der Waals surface area contributed by atoms with Crippen molar-refractivity contribution in [3.8, 4) is 0 Å². The van der Waals surface area contributed by atoms with Crippen molar-refractivity contribution < 1.29 is 18.4 Å². The van der Waals surface area contributed by atoms with Crippen LogP contribution in [0.5, 0.6) is 0 Å². The zero-order chi connectivity index (χ0) is 20.6. The van der Waals surface area contributed by atoms with Gasteiger partial charge in [0.15, 0.2) is 17.5 Å².